The van der Waals surface area contributed by atoms with Gasteiger partial charge in [-0.25, -0.2) is 9.59 Å². The minimum Gasteiger partial charge on any atom is -0.480 e. The van der Waals surface area contributed by atoms with E-state index in [1.165, 1.54) is 0 Å². The van der Waals surface area contributed by atoms with Crippen LogP contribution in [0.3, 0.4) is 0 Å². The van der Waals surface area contributed by atoms with Gasteiger partial charge in [-0.1, -0.05) is 32.9 Å². The summed E-state index contributed by atoms with van der Waals surface area (Å²) in [7, 11) is 0. The molecule has 0 aliphatic rings. The molecular formula is C18H29N5O7. The second kappa shape index (κ2) is 16.6. The molecule has 168 valence electrons. The van der Waals surface area contributed by atoms with Gasteiger partial charge in [0.1, 0.15) is 6.04 Å². The highest BCUT2D eigenvalue weighted by atomic mass is 16.4. The molecule has 0 unspecified atom stereocenters. The Morgan fingerprint density at radius 3 is 2.13 bits per heavy atom. The van der Waals surface area contributed by atoms with Crippen molar-refractivity contribution in [3.8, 4) is 0 Å². The number of nitrogens with zero attached hydrogens (tertiary/aromatic N) is 3. The standard InChI is InChI=1S/C16H29N5O3.2CO2/c1-5-12(14(22)23)18-15(24)17-9-7-6-8-10-21-11-13(19-20-21)16(2,3)4;2*2-1-3/h11-12H,5-10H2,1-4H3,(H,22,23)(H2,17,18,24);;/t12-;;/m1../s1. The minimum absolute atomic E-state index is 0.00182. The monoisotopic (exact) mass is 427 g/mol. The van der Waals surface area contributed by atoms with Crippen molar-refractivity contribution in [3.05, 3.63) is 11.9 Å². The second-order valence-electron chi connectivity index (χ2n) is 7.04. The molecule has 12 nitrogen and oxygen atoms in total. The van der Waals surface area contributed by atoms with E-state index in [1.54, 1.807) is 6.92 Å². The van der Waals surface area contributed by atoms with Gasteiger partial charge in [0, 0.05) is 24.7 Å². The third-order valence-electron chi connectivity index (χ3n) is 3.67. The molecule has 1 aromatic rings. The largest absolute Gasteiger partial charge is 0.480 e. The molecule has 30 heavy (non-hydrogen) atoms. The van der Waals surface area contributed by atoms with Gasteiger partial charge in [-0.2, -0.15) is 19.2 Å². The van der Waals surface area contributed by atoms with Gasteiger partial charge in [0.2, 0.25) is 0 Å². The van der Waals surface area contributed by atoms with Crippen LogP contribution in [-0.2, 0) is 35.9 Å². The average Bonchev–Trinajstić information content (AvgIpc) is 3.13. The molecule has 1 heterocycles. The van der Waals surface area contributed by atoms with Gasteiger partial charge in [0.25, 0.3) is 0 Å². The molecule has 3 N–H and O–H groups in total. The maximum absolute atomic E-state index is 11.6. The van der Waals surface area contributed by atoms with Crippen LogP contribution in [0.1, 0.15) is 59.1 Å². The number of unbranched alkanes of at least 4 members (excludes halogenated alkanes) is 2. The van der Waals surface area contributed by atoms with E-state index < -0.39 is 18.0 Å². The van der Waals surface area contributed by atoms with Gasteiger partial charge < -0.3 is 15.7 Å². The van der Waals surface area contributed by atoms with Crippen molar-refractivity contribution in [2.24, 2.45) is 0 Å². The third kappa shape index (κ3) is 14.7. The lowest BCUT2D eigenvalue weighted by Crippen LogP contribution is -2.45. The number of aliphatic carboxylic acids is 1. The number of aromatic nitrogens is 3. The number of carboxylic acid groups (broad SMARTS) is 1. The van der Waals surface area contributed by atoms with E-state index in [1.807, 2.05) is 10.9 Å². The van der Waals surface area contributed by atoms with Crippen LogP contribution in [0.5, 0.6) is 0 Å². The Labute approximate surface area is 174 Å². The zero-order valence-electron chi connectivity index (χ0n) is 17.6. The van der Waals surface area contributed by atoms with Crippen LogP contribution in [0, 0.1) is 0 Å². The zero-order chi connectivity index (χ0) is 23.6. The predicted octanol–water partition coefficient (Wildman–Crippen LogP) is 0.741. The number of hydrogen-bond donors (Lipinski definition) is 3. The first-order valence-electron chi connectivity index (χ1n) is 9.23. The van der Waals surface area contributed by atoms with Crippen LogP contribution in [0.2, 0.25) is 0 Å². The van der Waals surface area contributed by atoms with E-state index >= 15 is 0 Å². The van der Waals surface area contributed by atoms with Crippen molar-refractivity contribution in [2.75, 3.05) is 6.54 Å². The maximum Gasteiger partial charge on any atom is 0.373 e. The lowest BCUT2D eigenvalue weighted by Gasteiger charge is -2.13. The highest BCUT2D eigenvalue weighted by Crippen LogP contribution is 2.18. The Bertz CT molecular complexity index is 688. The predicted molar refractivity (Wildman–Crippen MR) is 101 cm³/mol. The number of aryl methyl sites for hydroxylation is 1. The number of carbonyl (C=O) groups excluding carboxylic acids is 5. The van der Waals surface area contributed by atoms with Crippen LogP contribution in [0.25, 0.3) is 0 Å². The fraction of sp³-hybridized carbons (Fsp3) is 0.667. The minimum atomic E-state index is -1.02. The Kier molecular flexibility index (Phi) is 15.9. The average molecular weight is 427 g/mol. The summed E-state index contributed by atoms with van der Waals surface area (Å²) in [6, 6.07) is -1.27. The summed E-state index contributed by atoms with van der Waals surface area (Å²) in [6.07, 6.45) is 5.56. The van der Waals surface area contributed by atoms with Crippen molar-refractivity contribution in [1.29, 1.82) is 0 Å². The van der Waals surface area contributed by atoms with Crippen molar-refractivity contribution in [1.82, 2.24) is 25.6 Å². The Morgan fingerprint density at radius 1 is 1.13 bits per heavy atom. The SMILES string of the molecule is CC[C@@H](NC(=O)NCCCCCn1cc(C(C)(C)C)nn1)C(=O)O.O=C=O.O=C=O. The first kappa shape index (κ1) is 28.8. The summed E-state index contributed by atoms with van der Waals surface area (Å²) >= 11 is 0. The molecule has 1 rings (SSSR count). The van der Waals surface area contributed by atoms with Gasteiger partial charge in [0.15, 0.2) is 0 Å². The van der Waals surface area contributed by atoms with Crippen LogP contribution in [0.4, 0.5) is 4.79 Å². The number of carboxylic acids is 1. The zero-order valence-corrected chi connectivity index (χ0v) is 17.6. The smallest absolute Gasteiger partial charge is 0.373 e. The topological polar surface area (TPSA) is 177 Å². The molecule has 0 saturated heterocycles. The highest BCUT2D eigenvalue weighted by molar-refractivity contribution is 5.82. The van der Waals surface area contributed by atoms with E-state index in [2.05, 4.69) is 41.7 Å². The Hall–Kier alpha value is -3.36. The van der Waals surface area contributed by atoms with Gasteiger partial charge in [-0.3, -0.25) is 4.68 Å². The molecule has 0 aliphatic carbocycles. The van der Waals surface area contributed by atoms with Crippen LogP contribution < -0.4 is 10.6 Å². The molecular weight excluding hydrogens is 398 g/mol. The van der Waals surface area contributed by atoms with Gasteiger partial charge in [-0.15, -0.1) is 5.10 Å². The summed E-state index contributed by atoms with van der Waals surface area (Å²) in [4.78, 5) is 54.9. The molecule has 0 aromatic carbocycles. The number of rotatable bonds is 9. The number of nitrogens with one attached hydrogen (secondary N) is 2. The number of urea groups is 1. The Morgan fingerprint density at radius 2 is 1.70 bits per heavy atom. The second-order valence-corrected chi connectivity index (χ2v) is 7.04. The summed E-state index contributed by atoms with van der Waals surface area (Å²) in [5, 5.41) is 22.3. The summed E-state index contributed by atoms with van der Waals surface area (Å²) in [5.41, 5.74) is 0.978. The molecule has 0 aliphatic heterocycles. The van der Waals surface area contributed by atoms with Crippen molar-refractivity contribution in [2.45, 2.75) is 71.4 Å². The summed E-state index contributed by atoms with van der Waals surface area (Å²) < 4.78 is 1.85. The van der Waals surface area contributed by atoms with Crippen molar-refractivity contribution >= 4 is 24.3 Å². The Balaban J connectivity index is 0. The summed E-state index contributed by atoms with van der Waals surface area (Å²) in [6.45, 7) is 9.34. The molecule has 1 aromatic heterocycles. The fourth-order valence-electron chi connectivity index (χ4n) is 2.08. The first-order valence-corrected chi connectivity index (χ1v) is 9.23. The molecule has 0 bridgehead atoms. The third-order valence-corrected chi connectivity index (χ3v) is 3.67. The fourth-order valence-corrected chi connectivity index (χ4v) is 2.08. The van der Waals surface area contributed by atoms with E-state index in [-0.39, 0.29) is 17.7 Å². The molecule has 0 spiro atoms. The molecule has 2 amide bonds. The molecule has 0 fully saturated rings. The highest BCUT2D eigenvalue weighted by Gasteiger charge is 2.18. The van der Waals surface area contributed by atoms with Gasteiger partial charge in [-0.05, 0) is 25.7 Å². The van der Waals surface area contributed by atoms with E-state index in [4.69, 9.17) is 24.3 Å². The van der Waals surface area contributed by atoms with Crippen molar-refractivity contribution < 1.29 is 33.9 Å². The van der Waals surface area contributed by atoms with E-state index in [0.29, 0.717) is 13.0 Å². The lowest BCUT2D eigenvalue weighted by atomic mass is 9.93. The van der Waals surface area contributed by atoms with E-state index in [0.717, 1.165) is 31.5 Å². The number of hydrogen-bond acceptors (Lipinski definition) is 8. The molecule has 1 atom stereocenters. The van der Waals surface area contributed by atoms with Crippen LogP contribution in [0.15, 0.2) is 6.20 Å². The van der Waals surface area contributed by atoms with Gasteiger partial charge >= 0.3 is 24.3 Å². The first-order chi connectivity index (χ1) is 14.1. The number of carbonyl (C=O) groups is 2. The lowest BCUT2D eigenvalue weighted by molar-refractivity contribution is -0.193. The normalized spacial score (nSPS) is 10.7. The van der Waals surface area contributed by atoms with Crippen molar-refractivity contribution in [3.63, 3.8) is 0 Å². The quantitative estimate of drug-likeness (QED) is 0.479. The molecule has 0 saturated carbocycles. The molecule has 0 radical (unpaired) electrons. The summed E-state index contributed by atoms with van der Waals surface area (Å²) in [5.74, 6) is -1.02. The number of amides is 2. The van der Waals surface area contributed by atoms with Crippen LogP contribution >= 0.6 is 0 Å². The van der Waals surface area contributed by atoms with Crippen LogP contribution in [-0.4, -0.2) is 57.0 Å². The molecule has 12 heteroatoms. The maximum atomic E-state index is 11.6. The van der Waals surface area contributed by atoms with Gasteiger partial charge in [0.05, 0.1) is 5.69 Å². The van der Waals surface area contributed by atoms with E-state index in [9.17, 15) is 9.59 Å².